The molecule has 0 aromatic rings. The van der Waals surface area contributed by atoms with Gasteiger partial charge in [-0.15, -0.1) is 0 Å². The number of hydrogen-bond donors (Lipinski definition) is 0. The maximum atomic E-state index is 10.9. The summed E-state index contributed by atoms with van der Waals surface area (Å²) in [6.45, 7) is 2.52. The first kappa shape index (κ1) is 9.00. The highest BCUT2D eigenvalue weighted by atomic mass is 16.5. The van der Waals surface area contributed by atoms with E-state index in [-0.39, 0.29) is 12.0 Å². The minimum absolute atomic E-state index is 0.0613. The second-order valence-corrected chi connectivity index (χ2v) is 4.10. The van der Waals surface area contributed by atoms with Gasteiger partial charge in [0, 0.05) is 18.5 Å². The molecule has 0 amide bonds. The maximum Gasteiger partial charge on any atom is 0.0686 e. The molecular weight excluding hydrogens is 168 g/mol. The van der Waals surface area contributed by atoms with E-state index in [4.69, 9.17) is 4.74 Å². The molecule has 0 spiro atoms. The lowest BCUT2D eigenvalue weighted by Gasteiger charge is -2.31. The topological polar surface area (TPSA) is 49.4 Å². The van der Waals surface area contributed by atoms with Crippen molar-refractivity contribution >= 4 is 5.97 Å². The summed E-state index contributed by atoms with van der Waals surface area (Å²) in [6.07, 6.45) is 3.16. The Bertz CT molecular complexity index is 214. The molecule has 0 radical (unpaired) electrons. The number of carboxylic acids is 1. The van der Waals surface area contributed by atoms with Crippen molar-refractivity contribution in [1.82, 2.24) is 0 Å². The van der Waals surface area contributed by atoms with Crippen LogP contribution < -0.4 is 5.11 Å². The zero-order valence-electron chi connectivity index (χ0n) is 7.86. The van der Waals surface area contributed by atoms with Crippen molar-refractivity contribution in [2.45, 2.75) is 32.3 Å². The van der Waals surface area contributed by atoms with Gasteiger partial charge in [-0.25, -0.2) is 0 Å². The number of aliphatic carboxylic acids is 1. The normalized spacial score (nSPS) is 42.5. The van der Waals surface area contributed by atoms with Crippen LogP contribution in [0.25, 0.3) is 0 Å². The van der Waals surface area contributed by atoms with E-state index in [9.17, 15) is 9.90 Å². The van der Waals surface area contributed by atoms with Crippen LogP contribution >= 0.6 is 0 Å². The van der Waals surface area contributed by atoms with Gasteiger partial charge in [0.2, 0.25) is 0 Å². The molecular formula is C10H15O3-. The van der Waals surface area contributed by atoms with Gasteiger partial charge >= 0.3 is 0 Å². The predicted molar refractivity (Wildman–Crippen MR) is 44.7 cm³/mol. The number of rotatable bonds is 3. The van der Waals surface area contributed by atoms with Crippen molar-refractivity contribution in [3.05, 3.63) is 0 Å². The Morgan fingerprint density at radius 3 is 2.77 bits per heavy atom. The highest BCUT2D eigenvalue weighted by Crippen LogP contribution is 2.49. The Labute approximate surface area is 78.1 Å². The van der Waals surface area contributed by atoms with E-state index in [1.54, 1.807) is 0 Å². The highest BCUT2D eigenvalue weighted by Gasteiger charge is 2.48. The van der Waals surface area contributed by atoms with Crippen LogP contribution in [0.1, 0.15) is 26.2 Å². The molecule has 2 bridgehead atoms. The summed E-state index contributed by atoms with van der Waals surface area (Å²) in [5.74, 6) is -0.441. The Hall–Kier alpha value is -0.570. The number of carbonyl (C=O) groups excluding carboxylic acids is 1. The SMILES string of the molecule is CCOC1C2CCC(C2)C1C(=O)[O-]. The zero-order valence-corrected chi connectivity index (χ0v) is 7.86. The van der Waals surface area contributed by atoms with Crippen LogP contribution in [0.4, 0.5) is 0 Å². The molecule has 3 nitrogen and oxygen atoms in total. The Morgan fingerprint density at radius 1 is 1.46 bits per heavy atom. The van der Waals surface area contributed by atoms with E-state index in [0.29, 0.717) is 18.4 Å². The fourth-order valence-electron chi connectivity index (χ4n) is 3.00. The summed E-state index contributed by atoms with van der Waals surface area (Å²) in [5, 5.41) is 10.9. The summed E-state index contributed by atoms with van der Waals surface area (Å²) in [6, 6.07) is 0. The lowest BCUT2D eigenvalue weighted by molar-refractivity contribution is -0.316. The van der Waals surface area contributed by atoms with E-state index >= 15 is 0 Å². The zero-order chi connectivity index (χ0) is 9.42. The fourth-order valence-corrected chi connectivity index (χ4v) is 3.00. The molecule has 0 aromatic heterocycles. The molecule has 2 fully saturated rings. The molecule has 3 heteroatoms. The van der Waals surface area contributed by atoms with Gasteiger partial charge in [0.25, 0.3) is 0 Å². The largest absolute Gasteiger partial charge is 0.550 e. The third-order valence-corrected chi connectivity index (χ3v) is 3.47. The quantitative estimate of drug-likeness (QED) is 0.627. The number of ether oxygens (including phenoxy) is 1. The molecule has 0 aromatic carbocycles. The van der Waals surface area contributed by atoms with Crippen LogP contribution in [-0.2, 0) is 9.53 Å². The minimum atomic E-state index is -0.911. The van der Waals surface area contributed by atoms with E-state index in [1.165, 1.54) is 0 Å². The summed E-state index contributed by atoms with van der Waals surface area (Å²) in [4.78, 5) is 10.9. The second-order valence-electron chi connectivity index (χ2n) is 4.10. The van der Waals surface area contributed by atoms with Gasteiger partial charge in [-0.3, -0.25) is 0 Å². The van der Waals surface area contributed by atoms with Gasteiger partial charge in [-0.05, 0) is 38.0 Å². The molecule has 2 rings (SSSR count). The van der Waals surface area contributed by atoms with Gasteiger partial charge < -0.3 is 14.6 Å². The lowest BCUT2D eigenvalue weighted by Crippen LogP contribution is -2.43. The average molecular weight is 183 g/mol. The monoisotopic (exact) mass is 183 g/mol. The Balaban J connectivity index is 2.10. The van der Waals surface area contributed by atoms with Crippen LogP contribution in [0.3, 0.4) is 0 Å². The number of hydrogen-bond acceptors (Lipinski definition) is 3. The first-order valence-corrected chi connectivity index (χ1v) is 5.06. The van der Waals surface area contributed by atoms with Crippen molar-refractivity contribution in [1.29, 1.82) is 0 Å². The maximum absolute atomic E-state index is 10.9. The van der Waals surface area contributed by atoms with Crippen LogP contribution in [0, 0.1) is 17.8 Å². The van der Waals surface area contributed by atoms with Crippen LogP contribution in [0.15, 0.2) is 0 Å². The van der Waals surface area contributed by atoms with Gasteiger partial charge in [-0.2, -0.15) is 0 Å². The number of carboxylic acid groups (broad SMARTS) is 1. The minimum Gasteiger partial charge on any atom is -0.550 e. The molecule has 4 unspecified atom stereocenters. The Kier molecular flexibility index (Phi) is 2.28. The standard InChI is InChI=1S/C10H16O3/c1-2-13-9-7-4-3-6(5-7)8(9)10(11)12/h6-9H,2-5H2,1H3,(H,11,12)/p-1. The van der Waals surface area contributed by atoms with E-state index in [1.807, 2.05) is 6.92 Å². The smallest absolute Gasteiger partial charge is 0.0686 e. The molecule has 2 aliphatic rings. The first-order chi connectivity index (χ1) is 6.24. The summed E-state index contributed by atoms with van der Waals surface area (Å²) in [7, 11) is 0. The summed E-state index contributed by atoms with van der Waals surface area (Å²) >= 11 is 0. The van der Waals surface area contributed by atoms with Crippen LogP contribution in [0.5, 0.6) is 0 Å². The summed E-state index contributed by atoms with van der Waals surface area (Å²) < 4.78 is 5.49. The van der Waals surface area contributed by atoms with Crippen molar-refractivity contribution in [3.8, 4) is 0 Å². The summed E-state index contributed by atoms with van der Waals surface area (Å²) in [5.41, 5.74) is 0. The van der Waals surface area contributed by atoms with Crippen LogP contribution in [-0.4, -0.2) is 18.7 Å². The highest BCUT2D eigenvalue weighted by molar-refractivity contribution is 5.69. The predicted octanol–water partition coefficient (Wildman–Crippen LogP) is 0.188. The third kappa shape index (κ3) is 1.35. The molecule has 0 aliphatic heterocycles. The number of carbonyl (C=O) groups is 1. The molecule has 2 aliphatic carbocycles. The van der Waals surface area contributed by atoms with Gasteiger partial charge in [0.15, 0.2) is 0 Å². The van der Waals surface area contributed by atoms with Crippen LogP contribution in [0.2, 0.25) is 0 Å². The molecule has 74 valence electrons. The number of fused-ring (bicyclic) bond motifs is 2. The molecule has 13 heavy (non-hydrogen) atoms. The van der Waals surface area contributed by atoms with Crippen molar-refractivity contribution in [2.24, 2.45) is 17.8 Å². The molecule has 2 saturated carbocycles. The first-order valence-electron chi connectivity index (χ1n) is 5.06. The Morgan fingerprint density at radius 2 is 2.15 bits per heavy atom. The van der Waals surface area contributed by atoms with E-state index in [2.05, 4.69) is 0 Å². The van der Waals surface area contributed by atoms with Crippen molar-refractivity contribution in [2.75, 3.05) is 6.61 Å². The average Bonchev–Trinajstić information content (AvgIpc) is 2.63. The fraction of sp³-hybridized carbons (Fsp3) is 0.900. The van der Waals surface area contributed by atoms with E-state index < -0.39 is 5.97 Å². The van der Waals surface area contributed by atoms with Gasteiger partial charge in [-0.1, -0.05) is 0 Å². The molecule has 0 N–H and O–H groups in total. The van der Waals surface area contributed by atoms with E-state index in [0.717, 1.165) is 19.3 Å². The molecule has 4 atom stereocenters. The second kappa shape index (κ2) is 3.29. The van der Waals surface area contributed by atoms with Crippen molar-refractivity contribution < 1.29 is 14.6 Å². The lowest BCUT2D eigenvalue weighted by atomic mass is 9.86. The van der Waals surface area contributed by atoms with Gasteiger partial charge in [0.1, 0.15) is 0 Å². The van der Waals surface area contributed by atoms with Gasteiger partial charge in [0.05, 0.1) is 6.10 Å². The third-order valence-electron chi connectivity index (χ3n) is 3.47. The molecule has 0 saturated heterocycles. The molecule has 0 heterocycles. The van der Waals surface area contributed by atoms with Crippen molar-refractivity contribution in [3.63, 3.8) is 0 Å².